The van der Waals surface area contributed by atoms with E-state index in [0.717, 1.165) is 12.1 Å². The van der Waals surface area contributed by atoms with Crippen molar-refractivity contribution in [2.24, 2.45) is 0 Å². The van der Waals surface area contributed by atoms with E-state index in [1.54, 1.807) is 7.11 Å². The van der Waals surface area contributed by atoms with E-state index >= 15 is 0 Å². The Labute approximate surface area is 151 Å². The number of methoxy groups -OCH3 is 1. The summed E-state index contributed by atoms with van der Waals surface area (Å²) >= 11 is 0. The summed E-state index contributed by atoms with van der Waals surface area (Å²) in [6, 6.07) is 7.34. The Hall–Kier alpha value is -3.01. The number of rotatable bonds is 6. The molecule has 1 aromatic carbocycles. The van der Waals surface area contributed by atoms with Crippen molar-refractivity contribution in [2.75, 3.05) is 13.7 Å². The molecule has 0 aliphatic carbocycles. The van der Waals surface area contributed by atoms with Gasteiger partial charge >= 0.3 is 6.18 Å². The Morgan fingerprint density at radius 1 is 1.22 bits per heavy atom. The van der Waals surface area contributed by atoms with Crippen molar-refractivity contribution >= 4 is 0 Å². The van der Waals surface area contributed by atoms with Gasteiger partial charge in [-0.3, -0.25) is 4.79 Å². The number of alkyl halides is 3. The van der Waals surface area contributed by atoms with Gasteiger partial charge in [0.25, 0.3) is 11.4 Å². The van der Waals surface area contributed by atoms with Gasteiger partial charge in [0.2, 0.25) is 5.82 Å². The predicted octanol–water partition coefficient (Wildman–Crippen LogP) is 3.02. The standard InChI is InChI=1S/C17H15F3N4O3/c1-26-9-3-8-24-14(25)7-6-13(22-24)16-21-15(23-27-16)11-4-2-5-12(10-11)17(18,19)20/h2,4-7,10H,3,8-9H2,1H3. The molecule has 0 amide bonds. The van der Waals surface area contributed by atoms with Crippen LogP contribution >= 0.6 is 0 Å². The molecule has 0 saturated heterocycles. The normalized spacial score (nSPS) is 11.7. The first-order chi connectivity index (χ1) is 12.9. The number of ether oxygens (including phenoxy) is 1. The van der Waals surface area contributed by atoms with Gasteiger partial charge in [0.15, 0.2) is 0 Å². The molecule has 0 atom stereocenters. The van der Waals surface area contributed by atoms with Gasteiger partial charge in [-0.1, -0.05) is 17.3 Å². The molecule has 142 valence electrons. The highest BCUT2D eigenvalue weighted by atomic mass is 19.4. The number of halogens is 3. The number of benzene rings is 1. The SMILES string of the molecule is COCCCn1nc(-c2nc(-c3cccc(C(F)(F)F)c3)no2)ccc1=O. The quantitative estimate of drug-likeness (QED) is 0.612. The van der Waals surface area contributed by atoms with Crippen LogP contribution < -0.4 is 5.56 Å². The summed E-state index contributed by atoms with van der Waals surface area (Å²) in [7, 11) is 1.56. The minimum absolute atomic E-state index is 0.00269. The average molecular weight is 380 g/mol. The summed E-state index contributed by atoms with van der Waals surface area (Å²) < 4.78 is 49.8. The molecule has 27 heavy (non-hydrogen) atoms. The monoisotopic (exact) mass is 380 g/mol. The topological polar surface area (TPSA) is 83.0 Å². The van der Waals surface area contributed by atoms with Gasteiger partial charge in [0.1, 0.15) is 5.69 Å². The summed E-state index contributed by atoms with van der Waals surface area (Å²) in [4.78, 5) is 15.9. The lowest BCUT2D eigenvalue weighted by molar-refractivity contribution is -0.137. The molecule has 0 radical (unpaired) electrons. The van der Waals surface area contributed by atoms with Crippen LogP contribution in [0.25, 0.3) is 23.0 Å². The molecule has 0 aliphatic heterocycles. The first-order valence-corrected chi connectivity index (χ1v) is 7.97. The van der Waals surface area contributed by atoms with Crippen LogP contribution in [0.4, 0.5) is 13.2 Å². The van der Waals surface area contributed by atoms with Gasteiger partial charge in [-0.15, -0.1) is 0 Å². The summed E-state index contributed by atoms with van der Waals surface area (Å²) in [6.45, 7) is 0.813. The Balaban J connectivity index is 1.88. The Kier molecular flexibility index (Phi) is 5.36. The maximum atomic E-state index is 12.8. The third-order valence-electron chi connectivity index (χ3n) is 3.68. The molecule has 0 unspecified atom stereocenters. The molecule has 0 fully saturated rings. The number of aromatic nitrogens is 4. The molecular weight excluding hydrogens is 365 g/mol. The van der Waals surface area contributed by atoms with Gasteiger partial charge in [-0.05, 0) is 24.6 Å². The summed E-state index contributed by atoms with van der Waals surface area (Å²) in [5, 5.41) is 7.86. The molecule has 10 heteroatoms. The third kappa shape index (κ3) is 4.40. The summed E-state index contributed by atoms with van der Waals surface area (Å²) in [5.41, 5.74) is -0.699. The lowest BCUT2D eigenvalue weighted by Crippen LogP contribution is -2.23. The van der Waals surface area contributed by atoms with E-state index in [2.05, 4.69) is 15.2 Å². The zero-order valence-electron chi connectivity index (χ0n) is 14.2. The second-order valence-electron chi connectivity index (χ2n) is 5.63. The fraction of sp³-hybridized carbons (Fsp3) is 0.294. The van der Waals surface area contributed by atoms with Gasteiger partial charge in [-0.25, -0.2) is 4.68 Å². The molecule has 3 aromatic rings. The average Bonchev–Trinajstić information content (AvgIpc) is 3.13. The molecule has 0 N–H and O–H groups in total. The number of hydrogen-bond acceptors (Lipinski definition) is 6. The van der Waals surface area contributed by atoms with Crippen molar-refractivity contribution in [3.8, 4) is 23.0 Å². The molecule has 2 heterocycles. The summed E-state index contributed by atoms with van der Waals surface area (Å²) in [5.74, 6) is -0.00191. The number of aryl methyl sites for hydroxylation is 1. The van der Waals surface area contributed by atoms with E-state index in [-0.39, 0.29) is 28.5 Å². The molecule has 3 rings (SSSR count). The highest BCUT2D eigenvalue weighted by Crippen LogP contribution is 2.31. The van der Waals surface area contributed by atoms with Gasteiger partial charge in [0.05, 0.1) is 5.56 Å². The lowest BCUT2D eigenvalue weighted by atomic mass is 10.1. The third-order valence-corrected chi connectivity index (χ3v) is 3.68. The lowest BCUT2D eigenvalue weighted by Gasteiger charge is -2.06. The van der Waals surface area contributed by atoms with Crippen LogP contribution in [0, 0.1) is 0 Å². The van der Waals surface area contributed by atoms with E-state index in [1.807, 2.05) is 0 Å². The molecular formula is C17H15F3N4O3. The largest absolute Gasteiger partial charge is 0.416 e. The van der Waals surface area contributed by atoms with E-state index in [1.165, 1.54) is 28.9 Å². The van der Waals surface area contributed by atoms with Crippen molar-refractivity contribution < 1.29 is 22.4 Å². The second-order valence-corrected chi connectivity index (χ2v) is 5.63. The molecule has 0 aliphatic rings. The van der Waals surface area contributed by atoms with Gasteiger partial charge in [-0.2, -0.15) is 23.3 Å². The van der Waals surface area contributed by atoms with Crippen molar-refractivity contribution in [3.63, 3.8) is 0 Å². The van der Waals surface area contributed by atoms with Crippen molar-refractivity contribution in [1.29, 1.82) is 0 Å². The van der Waals surface area contributed by atoms with Crippen LogP contribution in [-0.2, 0) is 17.5 Å². The Morgan fingerprint density at radius 2 is 2.04 bits per heavy atom. The molecule has 0 spiro atoms. The smallest absolute Gasteiger partial charge is 0.385 e. The second kappa shape index (κ2) is 7.70. The van der Waals surface area contributed by atoms with Crippen molar-refractivity contribution in [2.45, 2.75) is 19.1 Å². The minimum atomic E-state index is -4.47. The van der Waals surface area contributed by atoms with Crippen LogP contribution in [0.3, 0.4) is 0 Å². The van der Waals surface area contributed by atoms with E-state index in [9.17, 15) is 18.0 Å². The van der Waals surface area contributed by atoms with Gasteiger partial charge < -0.3 is 9.26 Å². The Bertz CT molecular complexity index is 982. The zero-order chi connectivity index (χ0) is 19.4. The minimum Gasteiger partial charge on any atom is -0.385 e. The number of hydrogen-bond donors (Lipinski definition) is 0. The molecule has 7 nitrogen and oxygen atoms in total. The fourth-order valence-corrected chi connectivity index (χ4v) is 2.36. The first kappa shape index (κ1) is 18.8. The van der Waals surface area contributed by atoms with Crippen LogP contribution in [0.5, 0.6) is 0 Å². The van der Waals surface area contributed by atoms with E-state index in [0.29, 0.717) is 19.6 Å². The predicted molar refractivity (Wildman–Crippen MR) is 88.7 cm³/mol. The molecule has 0 bridgehead atoms. The summed E-state index contributed by atoms with van der Waals surface area (Å²) in [6.07, 6.45) is -3.88. The highest BCUT2D eigenvalue weighted by molar-refractivity contribution is 5.58. The molecule has 0 saturated carbocycles. The maximum Gasteiger partial charge on any atom is 0.416 e. The maximum absolute atomic E-state index is 12.8. The van der Waals surface area contributed by atoms with Crippen LogP contribution in [0.1, 0.15) is 12.0 Å². The zero-order valence-corrected chi connectivity index (χ0v) is 14.2. The Morgan fingerprint density at radius 3 is 2.78 bits per heavy atom. The number of nitrogens with zero attached hydrogens (tertiary/aromatic N) is 4. The van der Waals surface area contributed by atoms with Crippen molar-refractivity contribution in [3.05, 3.63) is 52.3 Å². The van der Waals surface area contributed by atoms with Crippen LogP contribution in [0.2, 0.25) is 0 Å². The van der Waals surface area contributed by atoms with Crippen molar-refractivity contribution in [1.82, 2.24) is 19.9 Å². The van der Waals surface area contributed by atoms with Crippen LogP contribution in [0.15, 0.2) is 45.7 Å². The van der Waals surface area contributed by atoms with Gasteiger partial charge in [0, 0.05) is 31.9 Å². The first-order valence-electron chi connectivity index (χ1n) is 7.97. The van der Waals surface area contributed by atoms with E-state index < -0.39 is 11.7 Å². The van der Waals surface area contributed by atoms with Crippen LogP contribution in [-0.4, -0.2) is 33.6 Å². The fourth-order valence-electron chi connectivity index (χ4n) is 2.36. The molecule has 2 aromatic heterocycles. The highest BCUT2D eigenvalue weighted by Gasteiger charge is 2.30. The van der Waals surface area contributed by atoms with E-state index in [4.69, 9.17) is 9.26 Å².